The molecule has 222 valence electrons. The molecule has 4 rings (SSSR count). The maximum absolute atomic E-state index is 11.7. The Kier molecular flexibility index (Phi) is 9.70. The Balaban J connectivity index is 1.34. The van der Waals surface area contributed by atoms with Crippen LogP contribution in [-0.2, 0) is 23.5 Å². The van der Waals surface area contributed by atoms with Crippen molar-refractivity contribution in [3.8, 4) is 5.75 Å². The lowest BCUT2D eigenvalue weighted by molar-refractivity contribution is -0.0366. The fourth-order valence-corrected chi connectivity index (χ4v) is 4.66. The molecule has 11 heteroatoms. The number of benzene rings is 1. The molecule has 1 aromatic carbocycles. The number of fused-ring (bicyclic) bond motifs is 1. The number of nitrogens with one attached hydrogen (secondary N) is 1. The Morgan fingerprint density at radius 1 is 1.10 bits per heavy atom. The van der Waals surface area contributed by atoms with Gasteiger partial charge in [0, 0.05) is 19.8 Å². The van der Waals surface area contributed by atoms with Gasteiger partial charge < -0.3 is 33.6 Å². The number of alkyl carbamates (subject to hydrolysis) is 1. The smallest absolute Gasteiger partial charge is 0.490 e. The SMILES string of the molecule is CC(C)(C)OC(=O)NCCCCOCCOc1cc(B2OC(C)(C)C(C)(C)O2)cc2c1cnn2C1CCCCO1. The second kappa shape index (κ2) is 12.7. The molecule has 0 saturated carbocycles. The highest BCUT2D eigenvalue weighted by Gasteiger charge is 2.52. The molecule has 1 amide bonds. The van der Waals surface area contributed by atoms with Gasteiger partial charge in [0.2, 0.25) is 0 Å². The third-order valence-corrected chi connectivity index (χ3v) is 7.52. The predicted octanol–water partition coefficient (Wildman–Crippen LogP) is 4.73. The Hall–Kier alpha value is -2.34. The van der Waals surface area contributed by atoms with Crippen molar-refractivity contribution in [2.75, 3.05) is 33.0 Å². The summed E-state index contributed by atoms with van der Waals surface area (Å²) in [5.41, 5.74) is 0.433. The summed E-state index contributed by atoms with van der Waals surface area (Å²) in [5, 5.41) is 8.37. The van der Waals surface area contributed by atoms with Crippen molar-refractivity contribution in [2.45, 2.75) is 104 Å². The third-order valence-electron chi connectivity index (χ3n) is 7.52. The minimum absolute atomic E-state index is 0.0965. The molecule has 2 saturated heterocycles. The van der Waals surface area contributed by atoms with Crippen LogP contribution < -0.4 is 15.5 Å². The molecule has 1 atom stereocenters. The molecular formula is C29H46BN3O7. The highest BCUT2D eigenvalue weighted by Crippen LogP contribution is 2.37. The second-order valence-electron chi connectivity index (χ2n) is 12.5. The van der Waals surface area contributed by atoms with Crippen molar-refractivity contribution < 1.29 is 33.1 Å². The maximum Gasteiger partial charge on any atom is 0.495 e. The van der Waals surface area contributed by atoms with E-state index in [-0.39, 0.29) is 6.23 Å². The van der Waals surface area contributed by atoms with Gasteiger partial charge in [-0.25, -0.2) is 9.48 Å². The first-order valence-corrected chi connectivity index (χ1v) is 14.5. The van der Waals surface area contributed by atoms with E-state index in [1.807, 2.05) is 65.4 Å². The zero-order valence-electron chi connectivity index (χ0n) is 25.2. The lowest BCUT2D eigenvalue weighted by Gasteiger charge is -2.32. The van der Waals surface area contributed by atoms with E-state index in [0.29, 0.717) is 26.4 Å². The molecule has 0 aliphatic carbocycles. The monoisotopic (exact) mass is 559 g/mol. The number of nitrogens with zero attached hydrogens (tertiary/aromatic N) is 2. The van der Waals surface area contributed by atoms with Gasteiger partial charge in [-0.1, -0.05) is 0 Å². The van der Waals surface area contributed by atoms with Crippen LogP contribution in [0.2, 0.25) is 0 Å². The van der Waals surface area contributed by atoms with Gasteiger partial charge in [0.05, 0.1) is 34.9 Å². The summed E-state index contributed by atoms with van der Waals surface area (Å²) in [5.74, 6) is 0.717. The number of ether oxygens (including phenoxy) is 4. The molecule has 40 heavy (non-hydrogen) atoms. The van der Waals surface area contributed by atoms with E-state index < -0.39 is 30.0 Å². The molecule has 1 N–H and O–H groups in total. The van der Waals surface area contributed by atoms with E-state index in [0.717, 1.165) is 60.8 Å². The number of carbonyl (C=O) groups is 1. The number of hydrogen-bond acceptors (Lipinski definition) is 8. The summed E-state index contributed by atoms with van der Waals surface area (Å²) in [4.78, 5) is 11.7. The van der Waals surface area contributed by atoms with E-state index in [1.165, 1.54) is 0 Å². The zero-order chi connectivity index (χ0) is 29.0. The highest BCUT2D eigenvalue weighted by atomic mass is 16.7. The first-order valence-electron chi connectivity index (χ1n) is 14.5. The van der Waals surface area contributed by atoms with Gasteiger partial charge in [0.1, 0.15) is 18.0 Å². The number of aromatic nitrogens is 2. The van der Waals surface area contributed by atoms with E-state index in [9.17, 15) is 4.79 Å². The predicted molar refractivity (Wildman–Crippen MR) is 154 cm³/mol. The van der Waals surface area contributed by atoms with E-state index in [1.54, 1.807) is 0 Å². The van der Waals surface area contributed by atoms with Gasteiger partial charge in [-0.05, 0) is 98.2 Å². The molecule has 2 aliphatic rings. The van der Waals surface area contributed by atoms with Crippen molar-refractivity contribution in [2.24, 2.45) is 0 Å². The fraction of sp³-hybridized carbons (Fsp3) is 0.724. The van der Waals surface area contributed by atoms with Crippen LogP contribution in [0.1, 0.15) is 86.8 Å². The first-order chi connectivity index (χ1) is 18.9. The molecule has 1 unspecified atom stereocenters. The minimum Gasteiger partial charge on any atom is -0.490 e. The average Bonchev–Trinajstić information content (AvgIpc) is 3.39. The lowest BCUT2D eigenvalue weighted by Crippen LogP contribution is -2.41. The molecule has 0 spiro atoms. The summed E-state index contributed by atoms with van der Waals surface area (Å²) in [7, 11) is -0.516. The number of hydrogen-bond donors (Lipinski definition) is 1. The van der Waals surface area contributed by atoms with Gasteiger partial charge in [0.25, 0.3) is 0 Å². The summed E-state index contributed by atoms with van der Waals surface area (Å²) in [6.45, 7) is 16.4. The van der Waals surface area contributed by atoms with E-state index in [4.69, 9.17) is 28.3 Å². The van der Waals surface area contributed by atoms with Crippen LogP contribution in [0.15, 0.2) is 18.3 Å². The van der Waals surface area contributed by atoms with Crippen LogP contribution in [0.3, 0.4) is 0 Å². The molecular weight excluding hydrogens is 513 g/mol. The molecule has 1 aromatic heterocycles. The van der Waals surface area contributed by atoms with Gasteiger partial charge in [-0.15, -0.1) is 0 Å². The van der Waals surface area contributed by atoms with Crippen LogP contribution in [0, 0.1) is 0 Å². The highest BCUT2D eigenvalue weighted by molar-refractivity contribution is 6.62. The summed E-state index contributed by atoms with van der Waals surface area (Å²) in [6.07, 6.45) is 6.09. The van der Waals surface area contributed by atoms with Crippen LogP contribution in [-0.4, -0.2) is 72.8 Å². The van der Waals surface area contributed by atoms with Crippen molar-refractivity contribution in [1.29, 1.82) is 0 Å². The number of rotatable bonds is 11. The summed E-state index contributed by atoms with van der Waals surface area (Å²) >= 11 is 0. The first kappa shape index (κ1) is 30.6. The molecule has 3 heterocycles. The van der Waals surface area contributed by atoms with Crippen molar-refractivity contribution >= 4 is 29.6 Å². The molecule has 2 aromatic rings. The topological polar surface area (TPSA) is 102 Å². The maximum atomic E-state index is 11.7. The van der Waals surface area contributed by atoms with Crippen molar-refractivity contribution in [3.63, 3.8) is 0 Å². The van der Waals surface area contributed by atoms with Crippen molar-refractivity contribution in [3.05, 3.63) is 18.3 Å². The van der Waals surface area contributed by atoms with E-state index >= 15 is 0 Å². The number of carbonyl (C=O) groups excluding carboxylic acids is 1. The zero-order valence-corrected chi connectivity index (χ0v) is 25.2. The minimum atomic E-state index is -0.516. The number of amides is 1. The molecule has 10 nitrogen and oxygen atoms in total. The molecule has 0 radical (unpaired) electrons. The van der Waals surface area contributed by atoms with Gasteiger partial charge >= 0.3 is 13.2 Å². The Morgan fingerprint density at radius 2 is 1.85 bits per heavy atom. The van der Waals surface area contributed by atoms with E-state index in [2.05, 4.69) is 16.5 Å². The van der Waals surface area contributed by atoms with Gasteiger partial charge in [0.15, 0.2) is 6.23 Å². The van der Waals surface area contributed by atoms with Gasteiger partial charge in [-0.2, -0.15) is 5.10 Å². The Labute approximate surface area is 238 Å². The molecule has 2 fully saturated rings. The van der Waals surface area contributed by atoms with Crippen LogP contribution in [0.25, 0.3) is 10.9 Å². The van der Waals surface area contributed by atoms with Crippen LogP contribution >= 0.6 is 0 Å². The largest absolute Gasteiger partial charge is 0.495 e. The second-order valence-corrected chi connectivity index (χ2v) is 12.5. The normalized spacial score (nSPS) is 20.6. The average molecular weight is 560 g/mol. The molecule has 2 aliphatic heterocycles. The van der Waals surface area contributed by atoms with Crippen molar-refractivity contribution in [1.82, 2.24) is 15.1 Å². The quantitative estimate of drug-likeness (QED) is 0.311. The Bertz CT molecular complexity index is 1120. The van der Waals surface area contributed by atoms with Crippen LogP contribution in [0.5, 0.6) is 5.75 Å². The van der Waals surface area contributed by atoms with Gasteiger partial charge in [-0.3, -0.25) is 0 Å². The molecule has 0 bridgehead atoms. The fourth-order valence-electron chi connectivity index (χ4n) is 4.66. The number of unbranched alkanes of at least 4 members (excludes halogenated alkanes) is 1. The standard InChI is InChI=1S/C29H46BN3O7/c1-27(2,3)38-26(34)31-13-9-11-14-35-16-17-36-24-19-21(30-39-28(4,5)29(6,7)40-30)18-23-22(24)20-32-33(23)25-12-8-10-15-37-25/h18-20,25H,8-17H2,1-7H3,(H,31,34). The summed E-state index contributed by atoms with van der Waals surface area (Å²) < 4.78 is 37.9. The summed E-state index contributed by atoms with van der Waals surface area (Å²) in [6, 6.07) is 4.07. The lowest BCUT2D eigenvalue weighted by atomic mass is 9.78. The third kappa shape index (κ3) is 7.69. The Morgan fingerprint density at radius 3 is 2.52 bits per heavy atom. The van der Waals surface area contributed by atoms with Crippen LogP contribution in [0.4, 0.5) is 4.79 Å².